The van der Waals surface area contributed by atoms with E-state index < -0.39 is 0 Å². The molecule has 0 N–H and O–H groups in total. The minimum absolute atomic E-state index is 0.781. The largest absolute Gasteiger partial charge is 0.497 e. The first-order valence-electron chi connectivity index (χ1n) is 3.55. The van der Waals surface area contributed by atoms with Gasteiger partial charge >= 0.3 is 0 Å². The summed E-state index contributed by atoms with van der Waals surface area (Å²) in [4.78, 5) is 9.89. The van der Waals surface area contributed by atoms with Crippen molar-refractivity contribution in [2.24, 2.45) is 0 Å². The molecule has 0 saturated carbocycles. The van der Waals surface area contributed by atoms with Gasteiger partial charge in [0.25, 0.3) is 0 Å². The van der Waals surface area contributed by atoms with E-state index in [4.69, 9.17) is 4.74 Å². The van der Waals surface area contributed by atoms with Crippen molar-refractivity contribution in [1.82, 2.24) is 0 Å². The Bertz CT molecular complexity index is 290. The zero-order chi connectivity index (χ0) is 8.81. The molecule has 1 aromatic carbocycles. The van der Waals surface area contributed by atoms with Gasteiger partial charge in [-0.05, 0) is 23.8 Å². The van der Waals surface area contributed by atoms with Gasteiger partial charge in [0.1, 0.15) is 5.75 Å². The molecule has 1 aromatic rings. The molecule has 0 aliphatic rings. The molecule has 0 aliphatic carbocycles. The molecule has 0 fully saturated rings. The fourth-order valence-electron chi connectivity index (χ4n) is 0.875. The molecule has 2 heteroatoms. The molecular formula is C10H9O2. The van der Waals surface area contributed by atoms with E-state index in [1.165, 1.54) is 6.08 Å². The number of benzene rings is 1. The highest BCUT2D eigenvalue weighted by atomic mass is 16.5. The second-order valence-electron chi connectivity index (χ2n) is 2.23. The lowest BCUT2D eigenvalue weighted by Gasteiger charge is -1.98. The van der Waals surface area contributed by atoms with Crippen LogP contribution in [-0.4, -0.2) is 13.4 Å². The second kappa shape index (κ2) is 4.34. The molecule has 1 radical (unpaired) electrons. The van der Waals surface area contributed by atoms with E-state index in [0.29, 0.717) is 0 Å². The molecule has 2 nitrogen and oxygen atoms in total. The van der Waals surface area contributed by atoms with Crippen LogP contribution in [0.5, 0.6) is 5.75 Å². The first-order valence-corrected chi connectivity index (χ1v) is 3.55. The molecule has 0 heterocycles. The van der Waals surface area contributed by atoms with E-state index >= 15 is 0 Å². The van der Waals surface area contributed by atoms with Gasteiger partial charge in [-0.15, -0.1) is 0 Å². The Hall–Kier alpha value is -1.57. The number of carbonyl (C=O) groups excluding carboxylic acids is 1. The molecule has 0 atom stereocenters. The summed E-state index contributed by atoms with van der Waals surface area (Å²) in [5, 5.41) is 0. The molecule has 0 amide bonds. The van der Waals surface area contributed by atoms with Crippen molar-refractivity contribution in [3.8, 4) is 5.75 Å². The first-order chi connectivity index (χ1) is 5.86. The summed E-state index contributed by atoms with van der Waals surface area (Å²) >= 11 is 0. The van der Waals surface area contributed by atoms with Gasteiger partial charge in [0, 0.05) is 0 Å². The van der Waals surface area contributed by atoms with Gasteiger partial charge in [-0.25, -0.2) is 0 Å². The molecule has 1 rings (SSSR count). The number of allylic oxidation sites excluding steroid dienone is 1. The molecule has 0 spiro atoms. The summed E-state index contributed by atoms with van der Waals surface area (Å²) in [6.45, 7) is 0. The third kappa shape index (κ3) is 2.23. The maximum absolute atomic E-state index is 9.89. The van der Waals surface area contributed by atoms with Crippen LogP contribution in [-0.2, 0) is 4.79 Å². The lowest BCUT2D eigenvalue weighted by molar-refractivity contribution is 0.414. The fraction of sp³-hybridized carbons (Fsp3) is 0.100. The number of methoxy groups -OCH3 is 1. The Labute approximate surface area is 71.5 Å². The van der Waals surface area contributed by atoms with Gasteiger partial charge < -0.3 is 4.74 Å². The van der Waals surface area contributed by atoms with E-state index in [0.717, 1.165) is 11.3 Å². The Balaban J connectivity index is 2.86. The summed E-state index contributed by atoms with van der Waals surface area (Å²) in [5.74, 6) is 0.781. The molecule has 0 bridgehead atoms. The SMILES string of the molecule is COc1cccc(C=C[C]=O)c1. The van der Waals surface area contributed by atoms with Crippen LogP contribution in [0.2, 0.25) is 0 Å². The Morgan fingerprint density at radius 2 is 2.33 bits per heavy atom. The summed E-state index contributed by atoms with van der Waals surface area (Å²) in [5.41, 5.74) is 0.928. The van der Waals surface area contributed by atoms with Gasteiger partial charge in [-0.3, -0.25) is 4.79 Å². The van der Waals surface area contributed by atoms with Crippen LogP contribution in [0.3, 0.4) is 0 Å². The quantitative estimate of drug-likeness (QED) is 0.632. The third-order valence-electron chi connectivity index (χ3n) is 1.44. The molecule has 0 saturated heterocycles. The van der Waals surface area contributed by atoms with Gasteiger partial charge in [0.15, 0.2) is 0 Å². The molecule has 61 valence electrons. The summed E-state index contributed by atoms with van der Waals surface area (Å²) in [6.07, 6.45) is 4.69. The first kappa shape index (κ1) is 8.53. The third-order valence-corrected chi connectivity index (χ3v) is 1.44. The predicted octanol–water partition coefficient (Wildman–Crippen LogP) is 1.82. The number of hydrogen-bond donors (Lipinski definition) is 0. The van der Waals surface area contributed by atoms with Crippen LogP contribution in [0.1, 0.15) is 5.56 Å². The van der Waals surface area contributed by atoms with Crippen molar-refractivity contribution in [1.29, 1.82) is 0 Å². The topological polar surface area (TPSA) is 26.3 Å². The smallest absolute Gasteiger partial charge is 0.225 e. The number of ether oxygens (including phenoxy) is 1. The van der Waals surface area contributed by atoms with E-state index in [1.807, 2.05) is 24.3 Å². The minimum Gasteiger partial charge on any atom is -0.497 e. The van der Waals surface area contributed by atoms with Crippen LogP contribution >= 0.6 is 0 Å². The van der Waals surface area contributed by atoms with E-state index in [-0.39, 0.29) is 0 Å². The monoisotopic (exact) mass is 161 g/mol. The van der Waals surface area contributed by atoms with Crippen LogP contribution in [0.4, 0.5) is 0 Å². The maximum Gasteiger partial charge on any atom is 0.225 e. The number of rotatable bonds is 3. The van der Waals surface area contributed by atoms with Crippen molar-refractivity contribution in [2.75, 3.05) is 7.11 Å². The number of hydrogen-bond acceptors (Lipinski definition) is 2. The highest BCUT2D eigenvalue weighted by Gasteiger charge is 1.90. The van der Waals surface area contributed by atoms with Crippen molar-refractivity contribution in [2.45, 2.75) is 0 Å². The predicted molar refractivity (Wildman–Crippen MR) is 47.7 cm³/mol. The highest BCUT2D eigenvalue weighted by molar-refractivity contribution is 5.74. The van der Waals surface area contributed by atoms with E-state index in [2.05, 4.69) is 0 Å². The van der Waals surface area contributed by atoms with Crippen molar-refractivity contribution < 1.29 is 9.53 Å². The molecular weight excluding hydrogens is 152 g/mol. The standard InChI is InChI=1S/C10H9O2/c1-12-10-6-2-4-9(8-10)5-3-7-11/h2-6,8H,1H3. The van der Waals surface area contributed by atoms with Gasteiger partial charge in [0.05, 0.1) is 7.11 Å². The zero-order valence-corrected chi connectivity index (χ0v) is 6.78. The minimum atomic E-state index is 0.781. The average Bonchev–Trinajstić information content (AvgIpc) is 2.15. The lowest BCUT2D eigenvalue weighted by atomic mass is 10.2. The summed E-state index contributed by atoms with van der Waals surface area (Å²) < 4.78 is 5.00. The van der Waals surface area contributed by atoms with Crippen LogP contribution in [0.25, 0.3) is 6.08 Å². The Kier molecular flexibility index (Phi) is 3.08. The second-order valence-corrected chi connectivity index (χ2v) is 2.23. The van der Waals surface area contributed by atoms with Gasteiger partial charge in [0.2, 0.25) is 6.29 Å². The van der Waals surface area contributed by atoms with Gasteiger partial charge in [-0.2, -0.15) is 0 Å². The van der Waals surface area contributed by atoms with E-state index in [9.17, 15) is 4.79 Å². The van der Waals surface area contributed by atoms with Gasteiger partial charge in [-0.1, -0.05) is 18.2 Å². The lowest BCUT2D eigenvalue weighted by Crippen LogP contribution is -1.82. The average molecular weight is 161 g/mol. The molecule has 0 aliphatic heterocycles. The summed E-state index contributed by atoms with van der Waals surface area (Å²) in [7, 11) is 1.61. The fourth-order valence-corrected chi connectivity index (χ4v) is 0.875. The zero-order valence-electron chi connectivity index (χ0n) is 6.78. The van der Waals surface area contributed by atoms with E-state index in [1.54, 1.807) is 19.5 Å². The van der Waals surface area contributed by atoms with Crippen molar-refractivity contribution in [3.05, 3.63) is 35.9 Å². The van der Waals surface area contributed by atoms with Crippen LogP contribution < -0.4 is 4.74 Å². The Morgan fingerprint density at radius 1 is 1.50 bits per heavy atom. The maximum atomic E-state index is 9.89. The van der Waals surface area contributed by atoms with Crippen molar-refractivity contribution >= 4 is 12.4 Å². The summed E-state index contributed by atoms with van der Waals surface area (Å²) in [6, 6.07) is 7.44. The van der Waals surface area contributed by atoms with Crippen molar-refractivity contribution in [3.63, 3.8) is 0 Å². The highest BCUT2D eigenvalue weighted by Crippen LogP contribution is 2.13. The molecule has 0 aromatic heterocycles. The van der Waals surface area contributed by atoms with Crippen LogP contribution in [0, 0.1) is 0 Å². The van der Waals surface area contributed by atoms with Crippen LogP contribution in [0.15, 0.2) is 30.3 Å². The Morgan fingerprint density at radius 3 is 3.00 bits per heavy atom. The normalized spacial score (nSPS) is 10.1. The molecule has 0 unspecified atom stereocenters. The molecule has 12 heavy (non-hydrogen) atoms.